The molecule has 1 amide bonds. The van der Waals surface area contributed by atoms with Gasteiger partial charge in [-0.2, -0.15) is 16.9 Å². The van der Waals surface area contributed by atoms with E-state index in [0.29, 0.717) is 11.4 Å². The minimum absolute atomic E-state index is 0.0577. The van der Waals surface area contributed by atoms with Crippen LogP contribution in [0.15, 0.2) is 24.3 Å². The van der Waals surface area contributed by atoms with E-state index in [1.165, 1.54) is 0 Å². The molecule has 6 heteroatoms. The quantitative estimate of drug-likeness (QED) is 0.860. The number of hydrogen-bond acceptors (Lipinski definition) is 4. The molecule has 1 atom stereocenters. The Labute approximate surface area is 128 Å². The summed E-state index contributed by atoms with van der Waals surface area (Å²) in [6, 6.07) is 7.54. The lowest BCUT2D eigenvalue weighted by molar-refractivity contribution is 0.0939. The molecule has 0 aliphatic carbocycles. The minimum atomic E-state index is -0.0577. The third-order valence-corrected chi connectivity index (χ3v) is 3.76. The summed E-state index contributed by atoms with van der Waals surface area (Å²) in [6.45, 7) is 3.87. The van der Waals surface area contributed by atoms with Crippen molar-refractivity contribution in [2.24, 2.45) is 0 Å². The maximum Gasteiger partial charge on any atom is 0.251 e. The van der Waals surface area contributed by atoms with Gasteiger partial charge in [-0.15, -0.1) is 0 Å². The number of carbonyl (C=O) groups is 1. The van der Waals surface area contributed by atoms with Gasteiger partial charge in [-0.25, -0.2) is 4.98 Å². The van der Waals surface area contributed by atoms with E-state index in [9.17, 15) is 4.79 Å². The van der Waals surface area contributed by atoms with Gasteiger partial charge in [-0.3, -0.25) is 9.89 Å². The van der Waals surface area contributed by atoms with Crippen molar-refractivity contribution < 1.29 is 4.79 Å². The lowest BCUT2D eigenvalue weighted by atomic mass is 10.1. The predicted molar refractivity (Wildman–Crippen MR) is 86.5 cm³/mol. The molecule has 2 aromatic rings. The lowest BCUT2D eigenvalue weighted by Crippen LogP contribution is -2.32. The molecule has 21 heavy (non-hydrogen) atoms. The van der Waals surface area contributed by atoms with Crippen LogP contribution >= 0.6 is 11.8 Å². The number of thioether (sulfide) groups is 1. The summed E-state index contributed by atoms with van der Waals surface area (Å²) in [5.74, 6) is 2.35. The number of aromatic amines is 1. The number of nitrogens with one attached hydrogen (secondary N) is 2. The number of rotatable bonds is 6. The van der Waals surface area contributed by atoms with E-state index in [0.717, 1.165) is 23.6 Å². The number of amides is 1. The molecule has 112 valence electrons. The number of H-pyrrole nitrogens is 1. The first-order valence-electron chi connectivity index (χ1n) is 6.89. The van der Waals surface area contributed by atoms with Gasteiger partial charge in [0.2, 0.25) is 0 Å². The van der Waals surface area contributed by atoms with E-state index in [4.69, 9.17) is 0 Å². The van der Waals surface area contributed by atoms with Gasteiger partial charge in [0.25, 0.3) is 5.91 Å². The van der Waals surface area contributed by atoms with Crippen molar-refractivity contribution in [2.75, 3.05) is 12.0 Å². The average molecular weight is 304 g/mol. The van der Waals surface area contributed by atoms with E-state index in [2.05, 4.69) is 26.8 Å². The van der Waals surface area contributed by atoms with E-state index in [-0.39, 0.29) is 11.9 Å². The standard InChI is InChI=1S/C15H20N4OS/c1-10(7-8-21-3)16-15(20)13-6-4-5-12(9-13)14-17-11(2)18-19-14/h4-6,9-10H,7-8H2,1-3H3,(H,16,20)(H,17,18,19)/t10-/m1/s1. The Morgan fingerprint density at radius 3 is 2.95 bits per heavy atom. The molecule has 0 fully saturated rings. The molecule has 0 radical (unpaired) electrons. The zero-order valence-corrected chi connectivity index (χ0v) is 13.3. The Morgan fingerprint density at radius 1 is 1.48 bits per heavy atom. The molecule has 0 aliphatic rings. The number of benzene rings is 1. The van der Waals surface area contributed by atoms with Gasteiger partial charge in [0.05, 0.1) is 0 Å². The summed E-state index contributed by atoms with van der Waals surface area (Å²) in [4.78, 5) is 16.5. The molecule has 2 N–H and O–H groups in total. The largest absolute Gasteiger partial charge is 0.350 e. The molecule has 1 heterocycles. The van der Waals surface area contributed by atoms with Crippen LogP contribution in [0.4, 0.5) is 0 Å². The number of aromatic nitrogens is 3. The van der Waals surface area contributed by atoms with Crippen LogP contribution in [0.3, 0.4) is 0 Å². The van der Waals surface area contributed by atoms with Gasteiger partial charge in [0.1, 0.15) is 5.82 Å². The van der Waals surface area contributed by atoms with Crippen LogP contribution < -0.4 is 5.32 Å². The zero-order valence-electron chi connectivity index (χ0n) is 12.5. The van der Waals surface area contributed by atoms with E-state index in [1.54, 1.807) is 17.8 Å². The summed E-state index contributed by atoms with van der Waals surface area (Å²) >= 11 is 1.78. The zero-order chi connectivity index (χ0) is 15.2. The third kappa shape index (κ3) is 4.32. The summed E-state index contributed by atoms with van der Waals surface area (Å²) in [5.41, 5.74) is 1.47. The number of carbonyl (C=O) groups excluding carboxylic acids is 1. The van der Waals surface area contributed by atoms with Crippen molar-refractivity contribution >= 4 is 17.7 Å². The van der Waals surface area contributed by atoms with Crippen LogP contribution in [-0.4, -0.2) is 39.1 Å². The van der Waals surface area contributed by atoms with E-state index in [1.807, 2.05) is 32.0 Å². The van der Waals surface area contributed by atoms with Gasteiger partial charge in [-0.05, 0) is 44.4 Å². The molecule has 2 rings (SSSR count). The first kappa shape index (κ1) is 15.6. The second-order valence-electron chi connectivity index (χ2n) is 4.98. The molecule has 1 aromatic carbocycles. The Balaban J connectivity index is 2.08. The summed E-state index contributed by atoms with van der Waals surface area (Å²) < 4.78 is 0. The highest BCUT2D eigenvalue weighted by Crippen LogP contribution is 2.16. The highest BCUT2D eigenvalue weighted by molar-refractivity contribution is 7.98. The Bertz CT molecular complexity index is 611. The predicted octanol–water partition coefficient (Wildman–Crippen LogP) is 2.65. The van der Waals surface area contributed by atoms with Crippen LogP contribution in [-0.2, 0) is 0 Å². The van der Waals surface area contributed by atoms with Crippen LogP contribution in [0, 0.1) is 6.92 Å². The molecule has 0 spiro atoms. The maximum absolute atomic E-state index is 12.2. The Hall–Kier alpha value is -1.82. The topological polar surface area (TPSA) is 70.7 Å². The molecule has 0 bridgehead atoms. The first-order valence-corrected chi connectivity index (χ1v) is 8.28. The van der Waals surface area contributed by atoms with E-state index < -0.39 is 0 Å². The van der Waals surface area contributed by atoms with Crippen molar-refractivity contribution in [2.45, 2.75) is 26.3 Å². The van der Waals surface area contributed by atoms with Crippen LogP contribution in [0.2, 0.25) is 0 Å². The molecule has 0 aliphatic heterocycles. The Morgan fingerprint density at radius 2 is 2.29 bits per heavy atom. The molecule has 0 unspecified atom stereocenters. The van der Waals surface area contributed by atoms with Crippen molar-refractivity contribution in [3.8, 4) is 11.4 Å². The van der Waals surface area contributed by atoms with Crippen LogP contribution in [0.5, 0.6) is 0 Å². The summed E-state index contributed by atoms with van der Waals surface area (Å²) in [7, 11) is 0. The minimum Gasteiger partial charge on any atom is -0.350 e. The first-order chi connectivity index (χ1) is 10.1. The molecule has 0 saturated carbocycles. The molecular formula is C15H20N4OS. The highest BCUT2D eigenvalue weighted by Gasteiger charge is 2.11. The summed E-state index contributed by atoms with van der Waals surface area (Å²) in [5, 5.41) is 9.94. The van der Waals surface area contributed by atoms with E-state index >= 15 is 0 Å². The van der Waals surface area contributed by atoms with Gasteiger partial charge in [-0.1, -0.05) is 12.1 Å². The second-order valence-corrected chi connectivity index (χ2v) is 5.97. The monoisotopic (exact) mass is 304 g/mol. The number of aryl methyl sites for hydroxylation is 1. The second kappa shape index (κ2) is 7.26. The molecule has 5 nitrogen and oxygen atoms in total. The Kier molecular flexibility index (Phi) is 5.38. The van der Waals surface area contributed by atoms with Crippen molar-refractivity contribution in [3.05, 3.63) is 35.7 Å². The third-order valence-electron chi connectivity index (χ3n) is 3.11. The van der Waals surface area contributed by atoms with Crippen molar-refractivity contribution in [1.29, 1.82) is 0 Å². The van der Waals surface area contributed by atoms with Crippen LogP contribution in [0.25, 0.3) is 11.4 Å². The molecule has 0 saturated heterocycles. The van der Waals surface area contributed by atoms with Gasteiger partial charge in [0, 0.05) is 17.2 Å². The fourth-order valence-corrected chi connectivity index (χ4v) is 2.53. The number of nitrogens with zero attached hydrogens (tertiary/aromatic N) is 2. The number of hydrogen-bond donors (Lipinski definition) is 2. The summed E-state index contributed by atoms with van der Waals surface area (Å²) in [6.07, 6.45) is 3.03. The van der Waals surface area contributed by atoms with Crippen LogP contribution in [0.1, 0.15) is 29.5 Å². The smallest absolute Gasteiger partial charge is 0.251 e. The van der Waals surface area contributed by atoms with Crippen molar-refractivity contribution in [3.63, 3.8) is 0 Å². The van der Waals surface area contributed by atoms with Crippen molar-refractivity contribution in [1.82, 2.24) is 20.5 Å². The SMILES string of the molecule is CSCC[C@@H](C)NC(=O)c1cccc(-c2n[nH]c(C)n2)c1. The molecule has 1 aromatic heterocycles. The van der Waals surface area contributed by atoms with Gasteiger partial charge in [0.15, 0.2) is 5.82 Å². The van der Waals surface area contributed by atoms with Gasteiger partial charge < -0.3 is 5.32 Å². The fraction of sp³-hybridized carbons (Fsp3) is 0.400. The normalized spacial score (nSPS) is 12.1. The van der Waals surface area contributed by atoms with Gasteiger partial charge >= 0.3 is 0 Å². The highest BCUT2D eigenvalue weighted by atomic mass is 32.2. The maximum atomic E-state index is 12.2. The fourth-order valence-electron chi connectivity index (χ4n) is 1.95. The lowest BCUT2D eigenvalue weighted by Gasteiger charge is -2.13. The molecular weight excluding hydrogens is 284 g/mol. The average Bonchev–Trinajstić information content (AvgIpc) is 2.92.